The topological polar surface area (TPSA) is 53.2 Å². The van der Waals surface area contributed by atoms with Crippen molar-refractivity contribution in [3.8, 4) is 0 Å². The van der Waals surface area contributed by atoms with Crippen LogP contribution < -0.4 is 4.73 Å². The first-order valence-electron chi connectivity index (χ1n) is 7.51. The van der Waals surface area contributed by atoms with Crippen LogP contribution in [0.4, 0.5) is 0 Å². The van der Waals surface area contributed by atoms with Crippen molar-refractivity contribution in [1.29, 1.82) is 0 Å². The van der Waals surface area contributed by atoms with Crippen LogP contribution in [0.15, 0.2) is 24.4 Å². The van der Waals surface area contributed by atoms with Crippen molar-refractivity contribution in [3.05, 3.63) is 35.3 Å². The maximum atomic E-state index is 11.9. The van der Waals surface area contributed by atoms with Crippen LogP contribution in [0.5, 0.6) is 0 Å². The van der Waals surface area contributed by atoms with Gasteiger partial charge in [-0.25, -0.2) is 0 Å². The summed E-state index contributed by atoms with van der Waals surface area (Å²) in [6.07, 6.45) is 6.68. The number of ether oxygens (including phenoxy) is 1. The zero-order valence-corrected chi connectivity index (χ0v) is 11.9. The molecule has 4 nitrogen and oxygen atoms in total. The van der Waals surface area contributed by atoms with E-state index in [2.05, 4.69) is 0 Å². The van der Waals surface area contributed by atoms with Gasteiger partial charge in [-0.2, -0.15) is 4.73 Å². The molecular formula is C16H21NO3. The second-order valence-electron chi connectivity index (χ2n) is 6.12. The summed E-state index contributed by atoms with van der Waals surface area (Å²) in [5.74, 6) is 0.298. The average molecular weight is 275 g/mol. The summed E-state index contributed by atoms with van der Waals surface area (Å²) < 4.78 is 6.13. The van der Waals surface area contributed by atoms with Gasteiger partial charge in [-0.1, -0.05) is 12.5 Å². The fraction of sp³-hybridized carbons (Fsp3) is 0.625. The third-order valence-electron chi connectivity index (χ3n) is 4.91. The third-order valence-corrected chi connectivity index (χ3v) is 4.91. The highest BCUT2D eigenvalue weighted by Crippen LogP contribution is 2.64. The Balaban J connectivity index is 1.73. The molecule has 0 aromatic carbocycles. The molecule has 108 valence electrons. The van der Waals surface area contributed by atoms with E-state index in [1.165, 1.54) is 0 Å². The molecule has 1 aromatic rings. The van der Waals surface area contributed by atoms with E-state index in [9.17, 15) is 10.0 Å². The van der Waals surface area contributed by atoms with Crippen LogP contribution in [0, 0.1) is 16.5 Å². The first-order valence-corrected chi connectivity index (χ1v) is 7.51. The van der Waals surface area contributed by atoms with Gasteiger partial charge in [0.05, 0.1) is 12.5 Å². The maximum Gasteiger partial charge on any atom is 0.309 e. The summed E-state index contributed by atoms with van der Waals surface area (Å²) in [6, 6.07) is 5.59. The van der Waals surface area contributed by atoms with Gasteiger partial charge in [-0.05, 0) is 38.0 Å². The smallest absolute Gasteiger partial charge is 0.309 e. The molecule has 0 aliphatic heterocycles. The number of hydrogen-bond donors (Lipinski definition) is 0. The van der Waals surface area contributed by atoms with Crippen molar-refractivity contribution in [3.63, 3.8) is 0 Å². The van der Waals surface area contributed by atoms with Gasteiger partial charge in [0, 0.05) is 18.1 Å². The lowest BCUT2D eigenvalue weighted by Gasteiger charge is -2.28. The van der Waals surface area contributed by atoms with E-state index in [-0.39, 0.29) is 23.2 Å². The Morgan fingerprint density at radius 2 is 2.35 bits per heavy atom. The van der Waals surface area contributed by atoms with Gasteiger partial charge in [0.15, 0.2) is 11.9 Å². The molecule has 4 heteroatoms. The van der Waals surface area contributed by atoms with Crippen molar-refractivity contribution < 1.29 is 14.3 Å². The number of carbonyl (C=O) groups is 1. The van der Waals surface area contributed by atoms with Crippen LogP contribution >= 0.6 is 0 Å². The Bertz CT molecular complexity index is 516. The van der Waals surface area contributed by atoms with Crippen molar-refractivity contribution in [2.75, 3.05) is 6.61 Å². The second kappa shape index (κ2) is 5.08. The van der Waals surface area contributed by atoms with E-state index in [0.29, 0.717) is 6.61 Å². The van der Waals surface area contributed by atoms with Crippen molar-refractivity contribution in [2.24, 2.45) is 11.3 Å². The fourth-order valence-electron chi connectivity index (χ4n) is 3.83. The van der Waals surface area contributed by atoms with Crippen LogP contribution in [-0.2, 0) is 9.53 Å². The van der Waals surface area contributed by atoms with Gasteiger partial charge >= 0.3 is 5.97 Å². The Hall–Kier alpha value is -1.58. The zero-order valence-electron chi connectivity index (χ0n) is 11.9. The summed E-state index contributed by atoms with van der Waals surface area (Å²) >= 11 is 0. The summed E-state index contributed by atoms with van der Waals surface area (Å²) in [5, 5.41) is 11.9. The lowest BCUT2D eigenvalue weighted by Crippen LogP contribution is -2.34. The van der Waals surface area contributed by atoms with Crippen LogP contribution in [0.2, 0.25) is 0 Å². The Morgan fingerprint density at radius 3 is 3.10 bits per heavy atom. The van der Waals surface area contributed by atoms with Gasteiger partial charge in [-0.3, -0.25) is 4.79 Å². The van der Waals surface area contributed by atoms with E-state index < -0.39 is 0 Å². The predicted molar refractivity (Wildman–Crippen MR) is 73.8 cm³/mol. The van der Waals surface area contributed by atoms with Gasteiger partial charge in [0.25, 0.3) is 0 Å². The number of hydrogen-bond acceptors (Lipinski definition) is 3. The van der Waals surface area contributed by atoms with Gasteiger partial charge < -0.3 is 9.94 Å². The minimum absolute atomic E-state index is 0.0452. The molecule has 3 atom stereocenters. The molecule has 0 saturated heterocycles. The molecule has 3 rings (SSSR count). The quantitative estimate of drug-likeness (QED) is 0.484. The number of esters is 1. The molecule has 2 aliphatic rings. The monoisotopic (exact) mass is 275 g/mol. The van der Waals surface area contributed by atoms with E-state index in [0.717, 1.165) is 42.5 Å². The SMILES string of the molecule is CCOC(=O)C1CC12CCCC(c1cccc[n+]1[O-])C2. The molecule has 1 heterocycles. The van der Waals surface area contributed by atoms with Gasteiger partial charge in [-0.15, -0.1) is 0 Å². The Labute approximate surface area is 119 Å². The first kappa shape index (κ1) is 13.4. The molecule has 2 aliphatic carbocycles. The lowest BCUT2D eigenvalue weighted by molar-refractivity contribution is -0.616. The highest BCUT2D eigenvalue weighted by molar-refractivity contribution is 5.77. The first-order chi connectivity index (χ1) is 9.66. The number of pyridine rings is 1. The molecule has 0 bridgehead atoms. The van der Waals surface area contributed by atoms with Crippen LogP contribution in [0.25, 0.3) is 0 Å². The number of aromatic nitrogens is 1. The zero-order chi connectivity index (χ0) is 14.2. The van der Waals surface area contributed by atoms with E-state index in [4.69, 9.17) is 4.74 Å². The van der Waals surface area contributed by atoms with Crippen molar-refractivity contribution >= 4 is 5.97 Å². The minimum Gasteiger partial charge on any atom is -0.618 e. The van der Waals surface area contributed by atoms with Crippen molar-refractivity contribution in [1.82, 2.24) is 0 Å². The molecular weight excluding hydrogens is 254 g/mol. The van der Waals surface area contributed by atoms with E-state index >= 15 is 0 Å². The molecule has 2 fully saturated rings. The molecule has 2 saturated carbocycles. The largest absolute Gasteiger partial charge is 0.618 e. The lowest BCUT2D eigenvalue weighted by atomic mass is 9.76. The number of nitrogens with zero attached hydrogens (tertiary/aromatic N) is 1. The Kier molecular flexibility index (Phi) is 3.40. The molecule has 0 amide bonds. The number of rotatable bonds is 3. The molecule has 1 aromatic heterocycles. The summed E-state index contributed by atoms with van der Waals surface area (Å²) in [4.78, 5) is 11.9. The third kappa shape index (κ3) is 2.28. The highest BCUT2D eigenvalue weighted by atomic mass is 16.5. The molecule has 0 radical (unpaired) electrons. The van der Waals surface area contributed by atoms with Crippen LogP contribution in [-0.4, -0.2) is 12.6 Å². The van der Waals surface area contributed by atoms with Crippen molar-refractivity contribution in [2.45, 2.75) is 44.9 Å². The summed E-state index contributed by atoms with van der Waals surface area (Å²) in [6.45, 7) is 2.30. The van der Waals surface area contributed by atoms with E-state index in [1.807, 2.05) is 19.1 Å². The highest BCUT2D eigenvalue weighted by Gasteiger charge is 2.60. The molecule has 1 spiro atoms. The number of carbonyl (C=O) groups excluding carboxylic acids is 1. The predicted octanol–water partition coefficient (Wildman–Crippen LogP) is 2.55. The van der Waals surface area contributed by atoms with E-state index in [1.54, 1.807) is 12.3 Å². The normalized spacial score (nSPS) is 32.0. The Morgan fingerprint density at radius 1 is 1.50 bits per heavy atom. The fourth-order valence-corrected chi connectivity index (χ4v) is 3.83. The second-order valence-corrected chi connectivity index (χ2v) is 6.12. The molecule has 0 N–H and O–H groups in total. The van der Waals surface area contributed by atoms with Gasteiger partial charge in [0.2, 0.25) is 0 Å². The van der Waals surface area contributed by atoms with Crippen LogP contribution in [0.3, 0.4) is 0 Å². The average Bonchev–Trinajstić information content (AvgIpc) is 3.13. The standard InChI is InChI=1S/C16H21NO3/c1-2-20-15(18)13-11-16(13)8-5-6-12(10-16)14-7-3-4-9-17(14)19/h3-4,7,9,12-13H,2,5-6,8,10-11H2,1H3. The maximum absolute atomic E-state index is 11.9. The molecule has 20 heavy (non-hydrogen) atoms. The minimum atomic E-state index is -0.0452. The summed E-state index contributed by atoms with van der Waals surface area (Å²) in [5.41, 5.74) is 0.957. The molecule has 3 unspecified atom stereocenters. The van der Waals surface area contributed by atoms with Gasteiger partial charge in [0.1, 0.15) is 0 Å². The summed E-state index contributed by atoms with van der Waals surface area (Å²) in [7, 11) is 0. The van der Waals surface area contributed by atoms with Crippen LogP contribution in [0.1, 0.15) is 50.6 Å².